The second-order valence-corrected chi connectivity index (χ2v) is 4.03. The molecule has 0 aliphatic carbocycles. The Morgan fingerprint density at radius 2 is 1.84 bits per heavy atom. The Labute approximate surface area is 114 Å². The minimum atomic E-state index is 0.0750. The fourth-order valence-corrected chi connectivity index (χ4v) is 1.70. The maximum atomic E-state index is 8.54. The number of aliphatic hydroxyl groups is 1. The van der Waals surface area contributed by atoms with Gasteiger partial charge in [-0.15, -0.1) is 0 Å². The summed E-state index contributed by atoms with van der Waals surface area (Å²) in [6.07, 6.45) is 0.917. The molecule has 19 heavy (non-hydrogen) atoms. The van der Waals surface area contributed by atoms with E-state index in [9.17, 15) is 0 Å². The fourth-order valence-electron chi connectivity index (χ4n) is 1.70. The van der Waals surface area contributed by atoms with Gasteiger partial charge >= 0.3 is 0 Å². The van der Waals surface area contributed by atoms with Crippen LogP contribution in [0.25, 0.3) is 0 Å². The third-order valence-electron chi connectivity index (χ3n) is 2.70. The number of methoxy groups -OCH3 is 2. The predicted octanol–water partition coefficient (Wildman–Crippen LogP) is 0.845. The predicted molar refractivity (Wildman–Crippen MR) is 74.0 cm³/mol. The molecule has 0 spiro atoms. The Kier molecular flexibility index (Phi) is 7.97. The summed E-state index contributed by atoms with van der Waals surface area (Å²) in [6, 6.07) is 5.94. The largest absolute Gasteiger partial charge is 0.493 e. The van der Waals surface area contributed by atoms with Gasteiger partial charge in [-0.2, -0.15) is 0 Å². The number of benzene rings is 1. The quantitative estimate of drug-likeness (QED) is 0.617. The first-order chi connectivity index (χ1) is 9.31. The molecule has 108 valence electrons. The molecule has 0 unspecified atom stereocenters. The zero-order valence-corrected chi connectivity index (χ0v) is 11.6. The summed E-state index contributed by atoms with van der Waals surface area (Å²) in [6.45, 7) is 2.75. The van der Waals surface area contributed by atoms with Gasteiger partial charge in [-0.1, -0.05) is 6.07 Å². The van der Waals surface area contributed by atoms with Gasteiger partial charge in [-0.3, -0.25) is 0 Å². The lowest BCUT2D eigenvalue weighted by Gasteiger charge is -2.10. The molecular formula is C14H23NO4. The molecule has 5 nitrogen and oxygen atoms in total. The summed E-state index contributed by atoms with van der Waals surface area (Å²) in [5, 5.41) is 11.8. The number of hydrogen-bond acceptors (Lipinski definition) is 5. The summed E-state index contributed by atoms with van der Waals surface area (Å²) >= 11 is 0. The lowest BCUT2D eigenvalue weighted by molar-refractivity contribution is 0.0940. The average molecular weight is 269 g/mol. The van der Waals surface area contributed by atoms with E-state index in [2.05, 4.69) is 5.32 Å². The fraction of sp³-hybridized carbons (Fsp3) is 0.571. The first kappa shape index (κ1) is 15.8. The van der Waals surface area contributed by atoms with Crippen LogP contribution in [-0.2, 0) is 11.2 Å². The van der Waals surface area contributed by atoms with E-state index in [0.29, 0.717) is 13.2 Å². The van der Waals surface area contributed by atoms with E-state index in [1.165, 1.54) is 5.56 Å². The van der Waals surface area contributed by atoms with Crippen LogP contribution < -0.4 is 14.8 Å². The van der Waals surface area contributed by atoms with Gasteiger partial charge in [-0.25, -0.2) is 0 Å². The molecule has 1 aromatic rings. The van der Waals surface area contributed by atoms with E-state index in [1.54, 1.807) is 14.2 Å². The molecule has 2 N–H and O–H groups in total. The van der Waals surface area contributed by atoms with Crippen molar-refractivity contribution in [2.45, 2.75) is 6.42 Å². The van der Waals surface area contributed by atoms with E-state index in [0.717, 1.165) is 31.0 Å². The van der Waals surface area contributed by atoms with Crippen molar-refractivity contribution in [3.8, 4) is 11.5 Å². The highest BCUT2D eigenvalue weighted by Crippen LogP contribution is 2.27. The molecule has 0 bridgehead atoms. The van der Waals surface area contributed by atoms with E-state index in [4.69, 9.17) is 19.3 Å². The van der Waals surface area contributed by atoms with Gasteiger partial charge in [0.05, 0.1) is 34.0 Å². The van der Waals surface area contributed by atoms with E-state index in [1.807, 2.05) is 18.2 Å². The van der Waals surface area contributed by atoms with Crippen LogP contribution in [0.4, 0.5) is 0 Å². The van der Waals surface area contributed by atoms with Gasteiger partial charge in [0.2, 0.25) is 0 Å². The Bertz CT molecular complexity index is 357. The Balaban J connectivity index is 2.26. The van der Waals surface area contributed by atoms with Gasteiger partial charge in [0.1, 0.15) is 0 Å². The minimum Gasteiger partial charge on any atom is -0.493 e. The van der Waals surface area contributed by atoms with Crippen molar-refractivity contribution in [3.05, 3.63) is 23.8 Å². The van der Waals surface area contributed by atoms with Crippen LogP contribution in [0.5, 0.6) is 11.5 Å². The summed E-state index contributed by atoms with van der Waals surface area (Å²) < 4.78 is 15.6. The molecule has 0 radical (unpaired) electrons. The molecule has 0 amide bonds. The van der Waals surface area contributed by atoms with Crippen molar-refractivity contribution in [1.29, 1.82) is 0 Å². The molecule has 0 saturated heterocycles. The van der Waals surface area contributed by atoms with Crippen molar-refractivity contribution in [2.24, 2.45) is 0 Å². The van der Waals surface area contributed by atoms with Crippen LogP contribution in [0.3, 0.4) is 0 Å². The first-order valence-corrected chi connectivity index (χ1v) is 6.42. The standard InChI is InChI=1S/C14H23NO4/c1-17-13-4-3-12(11-14(13)18-2)5-6-15-7-9-19-10-8-16/h3-4,11,15-16H,5-10H2,1-2H3. The van der Waals surface area contributed by atoms with Gasteiger partial charge < -0.3 is 24.6 Å². The lowest BCUT2D eigenvalue weighted by Crippen LogP contribution is -2.22. The Morgan fingerprint density at radius 3 is 2.53 bits per heavy atom. The zero-order chi connectivity index (χ0) is 13.9. The van der Waals surface area contributed by atoms with Crippen LogP contribution in [-0.4, -0.2) is 52.2 Å². The third kappa shape index (κ3) is 5.92. The van der Waals surface area contributed by atoms with Crippen LogP contribution in [0.15, 0.2) is 18.2 Å². The highest BCUT2D eigenvalue weighted by molar-refractivity contribution is 5.42. The molecule has 0 aliphatic rings. The smallest absolute Gasteiger partial charge is 0.160 e. The second-order valence-electron chi connectivity index (χ2n) is 4.03. The van der Waals surface area contributed by atoms with Gasteiger partial charge in [-0.05, 0) is 30.7 Å². The summed E-state index contributed by atoms with van der Waals surface area (Å²) in [7, 11) is 3.27. The summed E-state index contributed by atoms with van der Waals surface area (Å²) in [4.78, 5) is 0. The van der Waals surface area contributed by atoms with E-state index >= 15 is 0 Å². The second kappa shape index (κ2) is 9.61. The monoisotopic (exact) mass is 269 g/mol. The van der Waals surface area contributed by atoms with Gasteiger partial charge in [0.15, 0.2) is 11.5 Å². The van der Waals surface area contributed by atoms with Crippen molar-refractivity contribution in [2.75, 3.05) is 47.1 Å². The highest BCUT2D eigenvalue weighted by Gasteiger charge is 2.03. The topological polar surface area (TPSA) is 60.0 Å². The zero-order valence-electron chi connectivity index (χ0n) is 11.6. The average Bonchev–Trinajstić information content (AvgIpc) is 2.46. The number of hydrogen-bond donors (Lipinski definition) is 2. The molecule has 0 heterocycles. The SMILES string of the molecule is COc1ccc(CCNCCOCCO)cc1OC. The van der Waals surface area contributed by atoms with Crippen molar-refractivity contribution >= 4 is 0 Å². The highest BCUT2D eigenvalue weighted by atomic mass is 16.5. The third-order valence-corrected chi connectivity index (χ3v) is 2.70. The lowest BCUT2D eigenvalue weighted by atomic mass is 10.1. The molecule has 0 saturated carbocycles. The van der Waals surface area contributed by atoms with Crippen LogP contribution >= 0.6 is 0 Å². The Morgan fingerprint density at radius 1 is 1.05 bits per heavy atom. The molecule has 0 atom stereocenters. The number of ether oxygens (including phenoxy) is 3. The molecule has 1 aromatic carbocycles. The number of rotatable bonds is 10. The first-order valence-electron chi connectivity index (χ1n) is 6.42. The molecule has 0 aliphatic heterocycles. The van der Waals surface area contributed by atoms with Gasteiger partial charge in [0, 0.05) is 6.54 Å². The van der Waals surface area contributed by atoms with Crippen LogP contribution in [0.2, 0.25) is 0 Å². The molecule has 1 rings (SSSR count). The summed E-state index contributed by atoms with van der Waals surface area (Å²) in [5.41, 5.74) is 1.20. The maximum Gasteiger partial charge on any atom is 0.160 e. The van der Waals surface area contributed by atoms with E-state index in [-0.39, 0.29) is 6.61 Å². The molecule has 5 heteroatoms. The molecular weight excluding hydrogens is 246 g/mol. The van der Waals surface area contributed by atoms with Crippen molar-refractivity contribution in [1.82, 2.24) is 5.32 Å². The Hall–Kier alpha value is -1.30. The number of aliphatic hydroxyl groups excluding tert-OH is 1. The summed E-state index contributed by atoms with van der Waals surface area (Å²) in [5.74, 6) is 1.50. The normalized spacial score (nSPS) is 10.5. The maximum absolute atomic E-state index is 8.54. The molecule has 0 aromatic heterocycles. The van der Waals surface area contributed by atoms with Crippen LogP contribution in [0, 0.1) is 0 Å². The molecule has 0 fully saturated rings. The van der Waals surface area contributed by atoms with Gasteiger partial charge in [0.25, 0.3) is 0 Å². The van der Waals surface area contributed by atoms with Crippen molar-refractivity contribution < 1.29 is 19.3 Å². The minimum absolute atomic E-state index is 0.0750. The van der Waals surface area contributed by atoms with E-state index < -0.39 is 0 Å². The van der Waals surface area contributed by atoms with Crippen molar-refractivity contribution in [3.63, 3.8) is 0 Å². The van der Waals surface area contributed by atoms with Crippen LogP contribution in [0.1, 0.15) is 5.56 Å². The number of nitrogens with one attached hydrogen (secondary N) is 1.